The lowest BCUT2D eigenvalue weighted by molar-refractivity contribution is 0.374. The van der Waals surface area contributed by atoms with Gasteiger partial charge in [-0.2, -0.15) is 0 Å². The zero-order valence-electron chi connectivity index (χ0n) is 10.3. The Balaban J connectivity index is 2.45. The minimum atomic E-state index is -2.18. The number of halogens is 5. The van der Waals surface area contributed by atoms with Gasteiger partial charge in [0.2, 0.25) is 5.82 Å². The number of hydrogen-bond donors (Lipinski definition) is 2. The van der Waals surface area contributed by atoms with Crippen LogP contribution in [0, 0.1) is 40.4 Å². The first-order valence-electron chi connectivity index (χ1n) is 5.94. The molecule has 0 saturated carbocycles. The first-order valence-corrected chi connectivity index (χ1v) is 5.94. The summed E-state index contributed by atoms with van der Waals surface area (Å²) >= 11 is 0. The molecule has 1 atom stereocenters. The van der Waals surface area contributed by atoms with Crippen LogP contribution in [0.25, 0.3) is 0 Å². The summed E-state index contributed by atoms with van der Waals surface area (Å²) in [5, 5.41) is 7.32. The third-order valence-corrected chi connectivity index (χ3v) is 3.36. The molecule has 0 spiro atoms. The molecule has 1 saturated heterocycles. The lowest BCUT2D eigenvalue weighted by atomic mass is 9.96. The number of anilines is 1. The lowest BCUT2D eigenvalue weighted by Gasteiger charge is -2.34. The molecule has 0 amide bonds. The van der Waals surface area contributed by atoms with Gasteiger partial charge < -0.3 is 10.6 Å². The molecule has 1 aromatic carbocycles. The quantitative estimate of drug-likeness (QED) is 0.289. The molecule has 8 heteroatoms. The molecule has 0 aromatic heterocycles. The Labute approximate surface area is 111 Å². The van der Waals surface area contributed by atoms with Crippen LogP contribution in [-0.2, 0) is 0 Å². The van der Waals surface area contributed by atoms with Crippen LogP contribution < -0.4 is 10.6 Å². The summed E-state index contributed by atoms with van der Waals surface area (Å²) in [7, 11) is 0. The van der Waals surface area contributed by atoms with Gasteiger partial charge in [0.15, 0.2) is 23.3 Å². The summed E-state index contributed by atoms with van der Waals surface area (Å²) < 4.78 is 66.6. The molecular formula is C12H12F5N3. The van der Waals surface area contributed by atoms with E-state index in [0.717, 1.165) is 4.90 Å². The second kappa shape index (κ2) is 5.26. The molecule has 3 N–H and O–H groups in total. The van der Waals surface area contributed by atoms with E-state index in [1.54, 1.807) is 0 Å². The first-order chi connectivity index (χ1) is 9.34. The van der Waals surface area contributed by atoms with Crippen molar-refractivity contribution in [1.82, 2.24) is 0 Å². The maximum atomic E-state index is 13.7. The molecule has 0 bridgehead atoms. The van der Waals surface area contributed by atoms with Gasteiger partial charge in [-0.05, 0) is 12.8 Å². The van der Waals surface area contributed by atoms with Crippen LogP contribution in [0.15, 0.2) is 0 Å². The maximum Gasteiger partial charge on any atom is 0.200 e. The first kappa shape index (κ1) is 14.5. The Morgan fingerprint density at radius 1 is 1.00 bits per heavy atom. The molecule has 1 aliphatic rings. The number of nitrogens with one attached hydrogen (secondary N) is 1. The molecule has 2 rings (SSSR count). The second-order valence-corrected chi connectivity index (χ2v) is 4.66. The van der Waals surface area contributed by atoms with Gasteiger partial charge in [0.1, 0.15) is 5.69 Å². The molecule has 1 aromatic rings. The van der Waals surface area contributed by atoms with Gasteiger partial charge in [-0.25, -0.2) is 22.0 Å². The fourth-order valence-corrected chi connectivity index (χ4v) is 2.31. The van der Waals surface area contributed by atoms with Gasteiger partial charge in [0.05, 0.1) is 5.84 Å². The van der Waals surface area contributed by atoms with E-state index in [4.69, 9.17) is 11.1 Å². The summed E-state index contributed by atoms with van der Waals surface area (Å²) in [5.74, 6) is -10.5. The zero-order chi connectivity index (χ0) is 15.0. The Morgan fingerprint density at radius 3 is 2.00 bits per heavy atom. The Kier molecular flexibility index (Phi) is 3.82. The largest absolute Gasteiger partial charge is 0.387 e. The van der Waals surface area contributed by atoms with Crippen molar-refractivity contribution in [3.05, 3.63) is 29.1 Å². The molecule has 1 aliphatic heterocycles. The van der Waals surface area contributed by atoms with Gasteiger partial charge in [0, 0.05) is 19.0 Å². The fourth-order valence-electron chi connectivity index (χ4n) is 2.31. The van der Waals surface area contributed by atoms with Crippen molar-refractivity contribution in [3.63, 3.8) is 0 Å². The van der Waals surface area contributed by atoms with Crippen LogP contribution in [0.5, 0.6) is 0 Å². The Morgan fingerprint density at radius 2 is 1.50 bits per heavy atom. The van der Waals surface area contributed by atoms with E-state index >= 15 is 0 Å². The molecule has 1 fully saturated rings. The van der Waals surface area contributed by atoms with Crippen molar-refractivity contribution in [1.29, 1.82) is 5.41 Å². The van der Waals surface area contributed by atoms with Crippen LogP contribution in [0.1, 0.15) is 12.8 Å². The van der Waals surface area contributed by atoms with Gasteiger partial charge >= 0.3 is 0 Å². The minimum absolute atomic E-state index is 0.0479. The van der Waals surface area contributed by atoms with E-state index in [1.807, 2.05) is 0 Å². The van der Waals surface area contributed by atoms with Crippen LogP contribution in [0.2, 0.25) is 0 Å². The van der Waals surface area contributed by atoms with Crippen molar-refractivity contribution >= 4 is 11.5 Å². The van der Waals surface area contributed by atoms with Gasteiger partial charge in [-0.1, -0.05) is 0 Å². The van der Waals surface area contributed by atoms with Crippen molar-refractivity contribution in [2.24, 2.45) is 11.7 Å². The SMILES string of the molecule is N=C(N)C1CCCN(c2c(F)c(F)c(F)c(F)c2F)C1. The molecule has 0 aliphatic carbocycles. The highest BCUT2D eigenvalue weighted by Crippen LogP contribution is 2.32. The highest BCUT2D eigenvalue weighted by Gasteiger charge is 2.32. The molecular weight excluding hydrogens is 281 g/mol. The standard InChI is InChI=1S/C12H12F5N3/c13-6-7(14)9(16)11(10(17)8(6)15)20-3-1-2-5(4-20)12(18)19/h5H,1-4H2,(H3,18,19). The van der Waals surface area contributed by atoms with Crippen LogP contribution in [-0.4, -0.2) is 18.9 Å². The number of rotatable bonds is 2. The number of hydrogen-bond acceptors (Lipinski definition) is 2. The van der Waals surface area contributed by atoms with E-state index < -0.39 is 40.7 Å². The molecule has 0 radical (unpaired) electrons. The second-order valence-electron chi connectivity index (χ2n) is 4.66. The average Bonchev–Trinajstić information content (AvgIpc) is 2.43. The zero-order valence-corrected chi connectivity index (χ0v) is 10.3. The van der Waals surface area contributed by atoms with Gasteiger partial charge in [-0.15, -0.1) is 0 Å². The predicted octanol–water partition coefficient (Wildman–Crippen LogP) is 2.53. The molecule has 110 valence electrons. The van der Waals surface area contributed by atoms with E-state index in [2.05, 4.69) is 0 Å². The Hall–Kier alpha value is -1.86. The van der Waals surface area contributed by atoms with Crippen molar-refractivity contribution in [2.75, 3.05) is 18.0 Å². The number of nitrogens with two attached hydrogens (primary N) is 1. The van der Waals surface area contributed by atoms with Crippen molar-refractivity contribution in [2.45, 2.75) is 12.8 Å². The highest BCUT2D eigenvalue weighted by atomic mass is 19.2. The highest BCUT2D eigenvalue weighted by molar-refractivity contribution is 5.80. The van der Waals surface area contributed by atoms with E-state index in [9.17, 15) is 22.0 Å². The molecule has 1 unspecified atom stereocenters. The maximum absolute atomic E-state index is 13.7. The third-order valence-electron chi connectivity index (χ3n) is 3.36. The predicted molar refractivity (Wildman–Crippen MR) is 63.1 cm³/mol. The van der Waals surface area contributed by atoms with Gasteiger partial charge in [-0.3, -0.25) is 5.41 Å². The van der Waals surface area contributed by atoms with E-state index in [1.165, 1.54) is 0 Å². The molecule has 20 heavy (non-hydrogen) atoms. The lowest BCUT2D eigenvalue weighted by Crippen LogP contribution is -2.42. The third kappa shape index (κ3) is 2.30. The normalized spacial score (nSPS) is 19.2. The summed E-state index contributed by atoms with van der Waals surface area (Å²) in [6.07, 6.45) is 0.991. The van der Waals surface area contributed by atoms with Crippen LogP contribution >= 0.6 is 0 Å². The molecule has 1 heterocycles. The van der Waals surface area contributed by atoms with Gasteiger partial charge in [0.25, 0.3) is 0 Å². The Bertz CT molecular complexity index is 532. The monoisotopic (exact) mass is 293 g/mol. The average molecular weight is 293 g/mol. The van der Waals surface area contributed by atoms with Crippen LogP contribution in [0.4, 0.5) is 27.6 Å². The smallest absolute Gasteiger partial charge is 0.200 e. The van der Waals surface area contributed by atoms with Crippen LogP contribution in [0.3, 0.4) is 0 Å². The number of nitrogens with zero attached hydrogens (tertiary/aromatic N) is 1. The number of piperidine rings is 1. The summed E-state index contributed by atoms with van der Waals surface area (Å²) in [6.45, 7) is 0.0931. The van der Waals surface area contributed by atoms with E-state index in [0.29, 0.717) is 12.8 Å². The van der Waals surface area contributed by atoms with Crippen molar-refractivity contribution in [3.8, 4) is 0 Å². The minimum Gasteiger partial charge on any atom is -0.387 e. The van der Waals surface area contributed by atoms with Crippen molar-refractivity contribution < 1.29 is 22.0 Å². The molecule has 3 nitrogen and oxygen atoms in total. The number of benzene rings is 1. The summed E-state index contributed by atoms with van der Waals surface area (Å²) in [4.78, 5) is 1.05. The number of amidine groups is 1. The summed E-state index contributed by atoms with van der Waals surface area (Å²) in [5.41, 5.74) is 4.38. The fraction of sp³-hybridized carbons (Fsp3) is 0.417. The topological polar surface area (TPSA) is 53.1 Å². The summed E-state index contributed by atoms with van der Waals surface area (Å²) in [6, 6.07) is 0. The van der Waals surface area contributed by atoms with E-state index in [-0.39, 0.29) is 18.9 Å².